The van der Waals surface area contributed by atoms with E-state index in [1.54, 1.807) is 0 Å². The van der Waals surface area contributed by atoms with Crippen LogP contribution in [0.3, 0.4) is 0 Å². The third-order valence-corrected chi connectivity index (χ3v) is 3.29. The average Bonchev–Trinajstić information content (AvgIpc) is 2.52. The molecule has 2 rings (SSSR count). The van der Waals surface area contributed by atoms with Crippen molar-refractivity contribution in [2.45, 2.75) is 18.7 Å². The Morgan fingerprint density at radius 1 is 1.00 bits per heavy atom. The van der Waals surface area contributed by atoms with Crippen molar-refractivity contribution in [3.05, 3.63) is 65.7 Å². The van der Waals surface area contributed by atoms with Gasteiger partial charge in [-0.3, -0.25) is 0 Å². The molecule has 0 radical (unpaired) electrons. The lowest BCUT2D eigenvalue weighted by atomic mass is 10.1. The standard InChI is InChI=1S/C17H18F3NO/c1-21-12-11-16(13-5-3-2-4-6-13)22-15-9-7-14(8-10-15)17(18,19)20/h2-10,16,21H,11-12H2,1H3/i18-1. The number of nitrogens with one attached hydrogen (secondary N) is 1. The van der Waals surface area contributed by atoms with Crippen LogP contribution in [0.5, 0.6) is 5.75 Å². The molecule has 0 aliphatic carbocycles. The zero-order chi connectivity index (χ0) is 16.0. The zero-order valence-electron chi connectivity index (χ0n) is 12.2. The molecule has 0 aliphatic rings. The number of alkyl halides is 3. The van der Waals surface area contributed by atoms with Crippen molar-refractivity contribution < 1.29 is 17.9 Å². The van der Waals surface area contributed by atoms with Crippen LogP contribution in [0.15, 0.2) is 54.6 Å². The SMILES string of the molecule is CNCCC(Oc1ccc(C(F)(F)[18F])cc1)c1ccccc1. The summed E-state index contributed by atoms with van der Waals surface area (Å²) in [5.74, 6) is 0.429. The Balaban J connectivity index is 2.13. The minimum Gasteiger partial charge on any atom is -0.486 e. The Morgan fingerprint density at radius 3 is 2.18 bits per heavy atom. The third kappa shape index (κ3) is 4.49. The molecule has 0 spiro atoms. The molecule has 0 amide bonds. The van der Waals surface area contributed by atoms with Crippen molar-refractivity contribution in [1.82, 2.24) is 5.32 Å². The zero-order valence-corrected chi connectivity index (χ0v) is 12.2. The van der Waals surface area contributed by atoms with Crippen molar-refractivity contribution >= 4 is 0 Å². The van der Waals surface area contributed by atoms with Gasteiger partial charge in [-0.05, 0) is 43.4 Å². The Bertz CT molecular complexity index is 567. The molecule has 5 heteroatoms. The molecule has 2 aromatic carbocycles. The van der Waals surface area contributed by atoms with Crippen LogP contribution in [-0.2, 0) is 6.18 Å². The van der Waals surface area contributed by atoms with Crippen LogP contribution in [0, 0.1) is 0 Å². The molecule has 1 atom stereocenters. The fraction of sp³-hybridized carbons (Fsp3) is 0.294. The van der Waals surface area contributed by atoms with E-state index in [9.17, 15) is 13.2 Å². The summed E-state index contributed by atoms with van der Waals surface area (Å²) in [5.41, 5.74) is 0.323. The first kappa shape index (κ1) is 16.4. The summed E-state index contributed by atoms with van der Waals surface area (Å²) in [6.45, 7) is 0.750. The molecule has 2 nitrogen and oxygen atoms in total. The number of ether oxygens (including phenoxy) is 1. The lowest BCUT2D eigenvalue weighted by Crippen LogP contribution is -2.16. The van der Waals surface area contributed by atoms with Gasteiger partial charge in [0, 0.05) is 6.42 Å². The molecule has 0 fully saturated rings. The maximum absolute atomic E-state index is 12.6. The van der Waals surface area contributed by atoms with Gasteiger partial charge in [0.1, 0.15) is 11.9 Å². The molecule has 0 heterocycles. The van der Waals surface area contributed by atoms with Crippen molar-refractivity contribution in [1.29, 1.82) is 0 Å². The van der Waals surface area contributed by atoms with E-state index in [1.165, 1.54) is 12.1 Å². The molecule has 0 bridgehead atoms. The van der Waals surface area contributed by atoms with Crippen LogP contribution in [0.25, 0.3) is 0 Å². The van der Waals surface area contributed by atoms with Gasteiger partial charge in [-0.2, -0.15) is 13.2 Å². The smallest absolute Gasteiger partial charge is 0.416 e. The number of hydrogen-bond donors (Lipinski definition) is 1. The summed E-state index contributed by atoms with van der Waals surface area (Å²) in [4.78, 5) is 0. The van der Waals surface area contributed by atoms with E-state index >= 15 is 0 Å². The molecule has 0 saturated carbocycles. The Morgan fingerprint density at radius 2 is 1.64 bits per heavy atom. The summed E-state index contributed by atoms with van der Waals surface area (Å²) >= 11 is 0. The van der Waals surface area contributed by atoms with Gasteiger partial charge in [-0.15, -0.1) is 0 Å². The molecule has 22 heavy (non-hydrogen) atoms. The van der Waals surface area contributed by atoms with E-state index in [0.717, 1.165) is 30.7 Å². The van der Waals surface area contributed by atoms with E-state index in [1.807, 2.05) is 37.4 Å². The fourth-order valence-electron chi connectivity index (χ4n) is 2.12. The molecule has 1 N–H and O–H groups in total. The summed E-state index contributed by atoms with van der Waals surface area (Å²) in [6, 6.07) is 14.4. The van der Waals surface area contributed by atoms with Crippen molar-refractivity contribution in [3.63, 3.8) is 0 Å². The van der Waals surface area contributed by atoms with Gasteiger partial charge in [-0.25, -0.2) is 0 Å². The largest absolute Gasteiger partial charge is 0.486 e. The average molecular weight is 308 g/mol. The molecule has 2 aromatic rings. The first-order valence-corrected chi connectivity index (χ1v) is 7.04. The van der Waals surface area contributed by atoms with Gasteiger partial charge in [0.2, 0.25) is 0 Å². The van der Waals surface area contributed by atoms with E-state index in [0.29, 0.717) is 5.75 Å². The molecule has 0 aliphatic heterocycles. The third-order valence-electron chi connectivity index (χ3n) is 3.29. The van der Waals surface area contributed by atoms with Gasteiger partial charge in [0.15, 0.2) is 0 Å². The second-order valence-corrected chi connectivity index (χ2v) is 4.93. The van der Waals surface area contributed by atoms with Crippen LogP contribution < -0.4 is 10.1 Å². The number of hydrogen-bond acceptors (Lipinski definition) is 2. The highest BCUT2D eigenvalue weighted by Crippen LogP contribution is 2.31. The van der Waals surface area contributed by atoms with Crippen LogP contribution >= 0.6 is 0 Å². The van der Waals surface area contributed by atoms with Gasteiger partial charge < -0.3 is 10.1 Å². The number of halogens is 3. The summed E-state index contributed by atoms with van der Waals surface area (Å²) in [7, 11) is 1.85. The number of rotatable bonds is 6. The molecule has 0 saturated heterocycles. The number of benzene rings is 2. The molecule has 1 unspecified atom stereocenters. The lowest BCUT2D eigenvalue weighted by Gasteiger charge is -2.20. The van der Waals surface area contributed by atoms with Crippen molar-refractivity contribution in [3.8, 4) is 5.75 Å². The molecular formula is C17H18F3NO. The van der Waals surface area contributed by atoms with Gasteiger partial charge >= 0.3 is 6.18 Å². The summed E-state index contributed by atoms with van der Waals surface area (Å²) in [6.07, 6.45) is -3.81. The fourth-order valence-corrected chi connectivity index (χ4v) is 2.12. The Labute approximate surface area is 127 Å². The monoisotopic (exact) mass is 308 g/mol. The predicted molar refractivity (Wildman–Crippen MR) is 79.8 cm³/mol. The first-order chi connectivity index (χ1) is 10.5. The highest BCUT2D eigenvalue weighted by molar-refractivity contribution is 5.30. The molecular weight excluding hydrogens is 290 g/mol. The first-order valence-electron chi connectivity index (χ1n) is 7.04. The summed E-state index contributed by atoms with van der Waals surface area (Å²) in [5, 5.41) is 3.05. The van der Waals surface area contributed by atoms with Gasteiger partial charge in [0.25, 0.3) is 0 Å². The molecule has 0 aromatic heterocycles. The van der Waals surface area contributed by atoms with Crippen molar-refractivity contribution in [2.24, 2.45) is 0 Å². The highest BCUT2D eigenvalue weighted by atomic mass is 19.3. The Kier molecular flexibility index (Phi) is 5.44. The van der Waals surface area contributed by atoms with Crippen LogP contribution in [0.2, 0.25) is 0 Å². The second-order valence-electron chi connectivity index (χ2n) is 4.93. The lowest BCUT2D eigenvalue weighted by molar-refractivity contribution is -0.137. The van der Waals surface area contributed by atoms with Crippen LogP contribution in [-0.4, -0.2) is 13.6 Å². The summed E-state index contributed by atoms with van der Waals surface area (Å²) < 4.78 is 43.6. The van der Waals surface area contributed by atoms with Crippen LogP contribution in [0.1, 0.15) is 23.7 Å². The highest BCUT2D eigenvalue weighted by Gasteiger charge is 2.30. The van der Waals surface area contributed by atoms with E-state index in [2.05, 4.69) is 5.32 Å². The van der Waals surface area contributed by atoms with E-state index < -0.39 is 11.7 Å². The van der Waals surface area contributed by atoms with E-state index in [4.69, 9.17) is 4.74 Å². The van der Waals surface area contributed by atoms with Crippen molar-refractivity contribution in [2.75, 3.05) is 13.6 Å². The second kappa shape index (κ2) is 7.31. The van der Waals surface area contributed by atoms with Crippen LogP contribution in [0.4, 0.5) is 13.2 Å². The Hall–Kier alpha value is -2.01. The predicted octanol–water partition coefficient (Wildman–Crippen LogP) is 4.44. The maximum atomic E-state index is 12.6. The minimum absolute atomic E-state index is 0.203. The maximum Gasteiger partial charge on any atom is 0.416 e. The van der Waals surface area contributed by atoms with E-state index in [-0.39, 0.29) is 6.10 Å². The molecule has 118 valence electrons. The topological polar surface area (TPSA) is 21.3 Å². The minimum atomic E-state index is -4.33. The quantitative estimate of drug-likeness (QED) is 0.852. The normalized spacial score (nSPS) is 12.9. The van der Waals surface area contributed by atoms with Gasteiger partial charge in [0.05, 0.1) is 5.56 Å². The van der Waals surface area contributed by atoms with Gasteiger partial charge in [-0.1, -0.05) is 30.3 Å².